The van der Waals surface area contributed by atoms with Crippen molar-refractivity contribution >= 4 is 17.9 Å². The summed E-state index contributed by atoms with van der Waals surface area (Å²) in [5.41, 5.74) is -2.74. The van der Waals surface area contributed by atoms with Crippen LogP contribution in [0.4, 0.5) is 0 Å². The Balaban J connectivity index is -0.0000000669. The zero-order valence-electron chi connectivity index (χ0n) is 11.3. The molecule has 0 atom stereocenters. The fourth-order valence-corrected chi connectivity index (χ4v) is 0.714. The maximum absolute atomic E-state index is 10.3. The van der Waals surface area contributed by atoms with Gasteiger partial charge in [-0.2, -0.15) is 0 Å². The van der Waals surface area contributed by atoms with E-state index >= 15 is 0 Å². The molecule has 6 N–H and O–H groups in total. The van der Waals surface area contributed by atoms with Crippen molar-refractivity contribution in [3.63, 3.8) is 0 Å². The molecule has 92 valence electrons. The van der Waals surface area contributed by atoms with E-state index in [9.17, 15) is 14.4 Å². The zero-order chi connectivity index (χ0) is 12.6. The maximum Gasteiger partial charge on any atom is 1.00 e. The summed E-state index contributed by atoms with van der Waals surface area (Å²) in [6, 6.07) is 0. The molecule has 11 heteroatoms. The molecule has 17 heavy (non-hydrogen) atoms. The molecule has 0 radical (unpaired) electrons. The van der Waals surface area contributed by atoms with Crippen molar-refractivity contribution in [1.82, 2.24) is 0 Å². The number of carboxylic acid groups (broad SMARTS) is 3. The third kappa shape index (κ3) is 12.5. The first-order valence-electron chi connectivity index (χ1n) is 3.37. The third-order valence-electron chi connectivity index (χ3n) is 1.29. The summed E-state index contributed by atoms with van der Waals surface area (Å²) in [4.78, 5) is 30.5. The molecular weight excluding hydrogens is 262 g/mol. The summed E-state index contributed by atoms with van der Waals surface area (Å²) in [5, 5.41) is 45.8. The van der Waals surface area contributed by atoms with E-state index in [0.29, 0.717) is 0 Å². The van der Waals surface area contributed by atoms with E-state index in [0.717, 1.165) is 0 Å². The Kier molecular flexibility index (Phi) is 19.5. The van der Waals surface area contributed by atoms with Crippen LogP contribution in [0.1, 0.15) is 15.7 Å². The van der Waals surface area contributed by atoms with Gasteiger partial charge in [0.25, 0.3) is 0 Å². The SMILES string of the molecule is O=C(O)CC(O)(CC(=O)O)C(=O)O.OO.[H-].[H-].[Na+].[Na+]. The average Bonchev–Trinajstić information content (AvgIpc) is 2.04. The van der Waals surface area contributed by atoms with Crippen LogP contribution in [0.15, 0.2) is 0 Å². The number of carbonyl (C=O) groups is 3. The number of rotatable bonds is 5. The van der Waals surface area contributed by atoms with Gasteiger partial charge in [0.1, 0.15) is 0 Å². The first-order chi connectivity index (χ1) is 6.78. The van der Waals surface area contributed by atoms with Crippen LogP contribution < -0.4 is 59.1 Å². The van der Waals surface area contributed by atoms with E-state index in [2.05, 4.69) is 0 Å². The second-order valence-electron chi connectivity index (χ2n) is 2.48. The molecule has 0 aromatic rings. The maximum atomic E-state index is 10.3. The fourth-order valence-electron chi connectivity index (χ4n) is 0.714. The largest absolute Gasteiger partial charge is 1.00 e. The molecule has 0 heterocycles. The number of hydrogen-bond donors (Lipinski definition) is 6. The molecule has 0 aromatic heterocycles. The minimum absolute atomic E-state index is 0. The molecule has 0 unspecified atom stereocenters. The van der Waals surface area contributed by atoms with Gasteiger partial charge in [-0.15, -0.1) is 0 Å². The Bertz CT molecular complexity index is 247. The van der Waals surface area contributed by atoms with Crippen molar-refractivity contribution in [2.24, 2.45) is 0 Å². The van der Waals surface area contributed by atoms with Crippen LogP contribution in [-0.4, -0.2) is 54.4 Å². The second kappa shape index (κ2) is 12.7. The molecule has 0 aliphatic rings. The molecule has 0 aliphatic heterocycles. The van der Waals surface area contributed by atoms with Crippen molar-refractivity contribution in [1.29, 1.82) is 0 Å². The topological polar surface area (TPSA) is 173 Å². The summed E-state index contributed by atoms with van der Waals surface area (Å²) in [6.07, 6.45) is -2.29. The van der Waals surface area contributed by atoms with Crippen molar-refractivity contribution in [3.05, 3.63) is 0 Å². The van der Waals surface area contributed by atoms with Crippen LogP contribution in [0.3, 0.4) is 0 Å². The summed E-state index contributed by atoms with van der Waals surface area (Å²) in [6.45, 7) is 0. The van der Waals surface area contributed by atoms with Gasteiger partial charge in [-0.25, -0.2) is 4.79 Å². The molecule has 0 saturated carbocycles. The Hall–Kier alpha value is 0.290. The van der Waals surface area contributed by atoms with Gasteiger partial charge in [-0.1, -0.05) is 0 Å². The molecule has 0 fully saturated rings. The van der Waals surface area contributed by atoms with Crippen LogP contribution >= 0.6 is 0 Å². The second-order valence-corrected chi connectivity index (χ2v) is 2.48. The van der Waals surface area contributed by atoms with Gasteiger partial charge in [-0.3, -0.25) is 20.1 Å². The predicted octanol–water partition coefficient (Wildman–Crippen LogP) is -7.00. The predicted molar refractivity (Wildman–Crippen MR) is 44.6 cm³/mol. The quantitative estimate of drug-likeness (QED) is 0.162. The number of carboxylic acids is 3. The summed E-state index contributed by atoms with van der Waals surface area (Å²) in [7, 11) is 0. The molecule has 0 rings (SSSR count). The normalized spacial score (nSPS) is 8.65. The Morgan fingerprint density at radius 1 is 0.882 bits per heavy atom. The number of aliphatic hydroxyl groups is 1. The summed E-state index contributed by atoms with van der Waals surface area (Å²) in [5.74, 6) is -5.02. The fraction of sp³-hybridized carbons (Fsp3) is 0.500. The molecule has 0 spiro atoms. The molecule has 9 nitrogen and oxygen atoms in total. The summed E-state index contributed by atoms with van der Waals surface area (Å²) >= 11 is 0. The molecule has 0 saturated heterocycles. The molecular formula is C6H12Na2O9. The van der Waals surface area contributed by atoms with Gasteiger partial charge in [0.2, 0.25) is 0 Å². The van der Waals surface area contributed by atoms with Crippen molar-refractivity contribution in [3.8, 4) is 0 Å². The molecule has 0 amide bonds. The monoisotopic (exact) mass is 274 g/mol. The van der Waals surface area contributed by atoms with Crippen molar-refractivity contribution in [2.45, 2.75) is 18.4 Å². The first kappa shape index (κ1) is 26.0. The standard InChI is InChI=1S/C6H8O7.2Na.H2O2.2H/c7-3(8)1-6(13,5(11)12)2-4(9)10;;;1-2;;/h13H,1-2H2,(H,7,8)(H,9,10)(H,11,12);;;1-2H;;/q;2*+1;;2*-1. The Morgan fingerprint density at radius 2 is 1.12 bits per heavy atom. The van der Waals surface area contributed by atoms with E-state index in [1.165, 1.54) is 0 Å². The average molecular weight is 274 g/mol. The van der Waals surface area contributed by atoms with E-state index in [1.807, 2.05) is 0 Å². The van der Waals surface area contributed by atoms with E-state index in [1.54, 1.807) is 0 Å². The Labute approximate surface area is 143 Å². The summed E-state index contributed by atoms with van der Waals surface area (Å²) < 4.78 is 0. The van der Waals surface area contributed by atoms with Gasteiger partial charge < -0.3 is 23.3 Å². The van der Waals surface area contributed by atoms with Gasteiger partial charge in [-0.05, 0) is 0 Å². The van der Waals surface area contributed by atoms with Gasteiger partial charge in [0, 0.05) is 0 Å². The van der Waals surface area contributed by atoms with E-state index < -0.39 is 36.4 Å². The molecule has 0 bridgehead atoms. The number of aliphatic carboxylic acids is 3. The van der Waals surface area contributed by atoms with Crippen LogP contribution in [0.5, 0.6) is 0 Å². The molecule has 0 aromatic carbocycles. The van der Waals surface area contributed by atoms with Gasteiger partial charge in [0.05, 0.1) is 12.8 Å². The molecule has 0 aliphatic carbocycles. The van der Waals surface area contributed by atoms with Crippen LogP contribution in [0.2, 0.25) is 0 Å². The number of hydrogen-bond acceptors (Lipinski definition) is 6. The van der Waals surface area contributed by atoms with Gasteiger partial charge in [0.15, 0.2) is 5.60 Å². The van der Waals surface area contributed by atoms with Crippen molar-refractivity contribution < 1.29 is 107 Å². The van der Waals surface area contributed by atoms with E-state index in [-0.39, 0.29) is 62.0 Å². The van der Waals surface area contributed by atoms with Crippen molar-refractivity contribution in [2.75, 3.05) is 0 Å². The third-order valence-corrected chi connectivity index (χ3v) is 1.29. The van der Waals surface area contributed by atoms with Crippen LogP contribution in [-0.2, 0) is 14.4 Å². The minimum atomic E-state index is -2.74. The van der Waals surface area contributed by atoms with E-state index in [4.69, 9.17) is 30.9 Å². The van der Waals surface area contributed by atoms with Crippen LogP contribution in [0, 0.1) is 0 Å². The zero-order valence-corrected chi connectivity index (χ0v) is 13.3. The van der Waals surface area contributed by atoms with Gasteiger partial charge >= 0.3 is 77.0 Å². The smallest absolute Gasteiger partial charge is 1.00 e. The first-order valence-corrected chi connectivity index (χ1v) is 3.37. The Morgan fingerprint density at radius 3 is 1.24 bits per heavy atom. The minimum Gasteiger partial charge on any atom is -1.00 e. The van der Waals surface area contributed by atoms with Crippen LogP contribution in [0.25, 0.3) is 0 Å².